The number of ether oxygens (including phenoxy) is 1. The maximum absolute atomic E-state index is 13.8. The molecule has 1 saturated heterocycles. The van der Waals surface area contributed by atoms with Crippen LogP contribution in [0, 0.1) is 11.7 Å². The number of benzene rings is 1. The average molecular weight is 302 g/mol. The number of carbonyl (C=O) groups is 1. The fraction of sp³-hybridized carbons (Fsp3) is 0.500. The van der Waals surface area contributed by atoms with E-state index in [2.05, 4.69) is 0 Å². The predicted octanol–water partition coefficient (Wildman–Crippen LogP) is 2.40. The van der Waals surface area contributed by atoms with E-state index in [4.69, 9.17) is 16.3 Å². The van der Waals surface area contributed by atoms with Gasteiger partial charge in [0, 0.05) is 23.2 Å². The highest BCUT2D eigenvalue weighted by Gasteiger charge is 2.37. The molecule has 4 nitrogen and oxygen atoms in total. The molecule has 0 saturated carbocycles. The van der Waals surface area contributed by atoms with Gasteiger partial charge in [0.15, 0.2) is 0 Å². The molecule has 2 atom stereocenters. The van der Waals surface area contributed by atoms with Gasteiger partial charge in [0.2, 0.25) is 0 Å². The van der Waals surface area contributed by atoms with Crippen LogP contribution in [0.2, 0.25) is 5.02 Å². The zero-order valence-corrected chi connectivity index (χ0v) is 11.9. The number of nitrogens with zero attached hydrogens (tertiary/aromatic N) is 1. The lowest BCUT2D eigenvalue weighted by Crippen LogP contribution is -2.42. The summed E-state index contributed by atoms with van der Waals surface area (Å²) in [5.41, 5.74) is 0.395. The van der Waals surface area contributed by atoms with Gasteiger partial charge in [-0.05, 0) is 18.7 Å². The summed E-state index contributed by atoms with van der Waals surface area (Å²) in [6.07, 6.45) is 0. The number of hydrogen-bond donors (Lipinski definition) is 1. The van der Waals surface area contributed by atoms with Gasteiger partial charge in [0.05, 0.1) is 19.1 Å². The quantitative estimate of drug-likeness (QED) is 0.907. The zero-order valence-electron chi connectivity index (χ0n) is 11.2. The van der Waals surface area contributed by atoms with Gasteiger partial charge in [0.25, 0.3) is 0 Å². The van der Waals surface area contributed by atoms with Gasteiger partial charge in [-0.1, -0.05) is 24.6 Å². The van der Waals surface area contributed by atoms with Crippen molar-refractivity contribution >= 4 is 17.6 Å². The smallest absolute Gasteiger partial charge is 0.310 e. The molecule has 1 heterocycles. The minimum atomic E-state index is -0.884. The van der Waals surface area contributed by atoms with Crippen LogP contribution in [0.4, 0.5) is 4.39 Å². The molecular formula is C14H17ClFNO3. The molecule has 0 bridgehead atoms. The first-order valence-electron chi connectivity index (χ1n) is 6.52. The van der Waals surface area contributed by atoms with Gasteiger partial charge >= 0.3 is 5.97 Å². The third-order valence-electron chi connectivity index (χ3n) is 3.67. The van der Waals surface area contributed by atoms with Crippen LogP contribution in [-0.4, -0.2) is 41.8 Å². The van der Waals surface area contributed by atoms with E-state index >= 15 is 0 Å². The van der Waals surface area contributed by atoms with Crippen LogP contribution in [0.3, 0.4) is 0 Å². The lowest BCUT2D eigenvalue weighted by molar-refractivity contribution is -0.143. The molecule has 1 N–H and O–H groups in total. The summed E-state index contributed by atoms with van der Waals surface area (Å²) in [5.74, 6) is -1.84. The second kappa shape index (κ2) is 6.52. The number of rotatable bonds is 5. The number of hydrogen-bond acceptors (Lipinski definition) is 3. The van der Waals surface area contributed by atoms with Crippen LogP contribution < -0.4 is 0 Å². The number of likely N-dealkylation sites (N-methyl/N-ethyl adjacent to an activating group) is 1. The Morgan fingerprint density at radius 1 is 1.55 bits per heavy atom. The summed E-state index contributed by atoms with van der Waals surface area (Å²) >= 11 is 6.02. The molecule has 0 amide bonds. The summed E-state index contributed by atoms with van der Waals surface area (Å²) in [6, 6.07) is 4.28. The van der Waals surface area contributed by atoms with E-state index in [1.807, 2.05) is 11.8 Å². The molecule has 110 valence electrons. The first kappa shape index (κ1) is 15.2. The first-order valence-corrected chi connectivity index (χ1v) is 6.89. The number of carboxylic acid groups (broad SMARTS) is 1. The van der Waals surface area contributed by atoms with Crippen molar-refractivity contribution in [1.82, 2.24) is 4.90 Å². The maximum atomic E-state index is 13.8. The monoisotopic (exact) mass is 301 g/mol. The fourth-order valence-electron chi connectivity index (χ4n) is 2.49. The Hall–Kier alpha value is -1.17. The summed E-state index contributed by atoms with van der Waals surface area (Å²) in [4.78, 5) is 13.1. The van der Waals surface area contributed by atoms with Gasteiger partial charge in [-0.15, -0.1) is 0 Å². The number of halogens is 2. The van der Waals surface area contributed by atoms with E-state index in [-0.39, 0.29) is 25.0 Å². The lowest BCUT2D eigenvalue weighted by Gasteiger charge is -2.29. The van der Waals surface area contributed by atoms with Crippen LogP contribution >= 0.6 is 11.6 Å². The molecule has 6 heteroatoms. The Bertz CT molecular complexity index is 477. The molecule has 2 rings (SSSR count). The van der Waals surface area contributed by atoms with E-state index in [1.54, 1.807) is 12.1 Å². The highest BCUT2D eigenvalue weighted by molar-refractivity contribution is 6.31. The fourth-order valence-corrected chi connectivity index (χ4v) is 2.71. The summed E-state index contributed by atoms with van der Waals surface area (Å²) in [6.45, 7) is 3.33. The van der Waals surface area contributed by atoms with E-state index in [9.17, 15) is 14.3 Å². The Kier molecular flexibility index (Phi) is 4.96. The Balaban J connectivity index is 2.19. The third-order valence-corrected chi connectivity index (χ3v) is 4.02. The third kappa shape index (κ3) is 3.11. The number of aliphatic carboxylic acids is 1. The predicted molar refractivity (Wildman–Crippen MR) is 73.2 cm³/mol. The van der Waals surface area contributed by atoms with Crippen molar-refractivity contribution < 1.29 is 19.0 Å². The zero-order chi connectivity index (χ0) is 14.7. The minimum absolute atomic E-state index is 0.196. The van der Waals surface area contributed by atoms with E-state index in [0.717, 1.165) is 0 Å². The van der Waals surface area contributed by atoms with Crippen molar-refractivity contribution in [3.05, 3.63) is 34.6 Å². The average Bonchev–Trinajstić information content (AvgIpc) is 2.88. The molecule has 2 unspecified atom stereocenters. The van der Waals surface area contributed by atoms with Crippen LogP contribution in [0.15, 0.2) is 18.2 Å². The first-order chi connectivity index (χ1) is 9.54. The standard InChI is InChI=1S/C14H17ClFNO3/c1-2-17(13-8-20-7-10(13)14(18)19)6-9-11(15)4-3-5-12(9)16/h3-5,10,13H,2,6-8H2,1H3,(H,18,19). The molecule has 1 fully saturated rings. The van der Waals surface area contributed by atoms with E-state index in [0.29, 0.717) is 23.7 Å². The second-order valence-electron chi connectivity index (χ2n) is 4.81. The normalized spacial score (nSPS) is 22.4. The lowest BCUT2D eigenvalue weighted by atomic mass is 10.0. The molecule has 1 aliphatic rings. The van der Waals surface area contributed by atoms with Gasteiger partial charge in [-0.3, -0.25) is 9.69 Å². The molecule has 1 aliphatic heterocycles. The van der Waals surface area contributed by atoms with Crippen molar-refractivity contribution in [1.29, 1.82) is 0 Å². The molecule has 0 aliphatic carbocycles. The number of carboxylic acids is 1. The van der Waals surface area contributed by atoms with Gasteiger partial charge in [-0.2, -0.15) is 0 Å². The molecule has 0 aromatic heterocycles. The van der Waals surface area contributed by atoms with Crippen molar-refractivity contribution in [3.8, 4) is 0 Å². The summed E-state index contributed by atoms with van der Waals surface area (Å²) in [7, 11) is 0. The van der Waals surface area contributed by atoms with Crippen LogP contribution in [0.25, 0.3) is 0 Å². The molecule has 0 spiro atoms. The van der Waals surface area contributed by atoms with Gasteiger partial charge in [0.1, 0.15) is 5.82 Å². The van der Waals surface area contributed by atoms with Gasteiger partial charge in [-0.25, -0.2) is 4.39 Å². The molecule has 20 heavy (non-hydrogen) atoms. The molecule has 0 radical (unpaired) electrons. The Labute approximate surface area is 122 Å². The van der Waals surface area contributed by atoms with Crippen molar-refractivity contribution in [2.45, 2.75) is 19.5 Å². The maximum Gasteiger partial charge on any atom is 0.310 e. The van der Waals surface area contributed by atoms with Crippen molar-refractivity contribution in [3.63, 3.8) is 0 Å². The minimum Gasteiger partial charge on any atom is -0.481 e. The molecule has 1 aromatic carbocycles. The van der Waals surface area contributed by atoms with Crippen molar-refractivity contribution in [2.75, 3.05) is 19.8 Å². The molecular weight excluding hydrogens is 285 g/mol. The summed E-state index contributed by atoms with van der Waals surface area (Å²) < 4.78 is 19.1. The SMILES string of the molecule is CCN(Cc1c(F)cccc1Cl)C1COCC1C(=O)O. The molecule has 1 aromatic rings. The summed E-state index contributed by atoms with van der Waals surface area (Å²) in [5, 5.41) is 9.55. The van der Waals surface area contributed by atoms with Crippen LogP contribution in [-0.2, 0) is 16.1 Å². The highest BCUT2D eigenvalue weighted by Crippen LogP contribution is 2.25. The topological polar surface area (TPSA) is 49.8 Å². The van der Waals surface area contributed by atoms with Crippen LogP contribution in [0.1, 0.15) is 12.5 Å². The second-order valence-corrected chi connectivity index (χ2v) is 5.22. The highest BCUT2D eigenvalue weighted by atomic mass is 35.5. The largest absolute Gasteiger partial charge is 0.481 e. The Morgan fingerprint density at radius 3 is 2.90 bits per heavy atom. The van der Waals surface area contributed by atoms with Gasteiger partial charge < -0.3 is 9.84 Å². The van der Waals surface area contributed by atoms with Crippen LogP contribution in [0.5, 0.6) is 0 Å². The Morgan fingerprint density at radius 2 is 2.30 bits per heavy atom. The van der Waals surface area contributed by atoms with E-state index in [1.165, 1.54) is 6.07 Å². The van der Waals surface area contributed by atoms with Crippen molar-refractivity contribution in [2.24, 2.45) is 5.92 Å². The van der Waals surface area contributed by atoms with E-state index < -0.39 is 11.9 Å².